The molecule has 2 aromatic heterocycles. The van der Waals surface area contributed by atoms with Crippen molar-refractivity contribution in [3.05, 3.63) is 106 Å². The van der Waals surface area contributed by atoms with E-state index >= 15 is 0 Å². The van der Waals surface area contributed by atoms with Crippen LogP contribution >= 0.6 is 35.4 Å². The second-order valence-corrected chi connectivity index (χ2v) is 9.47. The van der Waals surface area contributed by atoms with Crippen molar-refractivity contribution in [2.24, 2.45) is 0 Å². The van der Waals surface area contributed by atoms with E-state index in [-0.39, 0.29) is 17.8 Å². The van der Waals surface area contributed by atoms with Crippen LogP contribution in [0.25, 0.3) is 5.69 Å². The Labute approximate surface area is 213 Å². The lowest BCUT2D eigenvalue weighted by molar-refractivity contribution is 0.472. The summed E-state index contributed by atoms with van der Waals surface area (Å²) in [4.78, 5) is 6.53. The van der Waals surface area contributed by atoms with Crippen LogP contribution in [-0.2, 0) is 0 Å². The summed E-state index contributed by atoms with van der Waals surface area (Å²) in [6.07, 6.45) is 1.77. The van der Waals surface area contributed by atoms with E-state index in [1.165, 1.54) is 0 Å². The fourth-order valence-electron chi connectivity index (χ4n) is 4.71. The van der Waals surface area contributed by atoms with E-state index < -0.39 is 0 Å². The molecule has 1 fully saturated rings. The molecule has 5 nitrogen and oxygen atoms in total. The number of aryl methyl sites for hydroxylation is 1. The van der Waals surface area contributed by atoms with Crippen LogP contribution in [0.1, 0.15) is 34.7 Å². The van der Waals surface area contributed by atoms with Gasteiger partial charge < -0.3 is 19.9 Å². The van der Waals surface area contributed by atoms with E-state index in [0.29, 0.717) is 20.8 Å². The van der Waals surface area contributed by atoms with Crippen molar-refractivity contribution in [1.29, 1.82) is 0 Å². The molecule has 0 aliphatic carbocycles. The number of benzene rings is 2. The SMILES string of the molecule is Cc1cc([C@H]2[C@@H](c3ccccn3)NC(=S)N2c2cc(Cl)ccc2O)c(C)n1-c1ccccc1Cl. The number of anilines is 1. The van der Waals surface area contributed by atoms with Crippen LogP contribution in [0.2, 0.25) is 10.0 Å². The smallest absolute Gasteiger partial charge is 0.174 e. The second-order valence-electron chi connectivity index (χ2n) is 8.24. The second kappa shape index (κ2) is 8.95. The molecule has 2 N–H and O–H groups in total. The molecular weight excluding hydrogens is 487 g/mol. The van der Waals surface area contributed by atoms with E-state index in [2.05, 4.69) is 34.8 Å². The van der Waals surface area contributed by atoms with Crippen molar-refractivity contribution in [3.8, 4) is 11.4 Å². The molecule has 2 atom stereocenters. The van der Waals surface area contributed by atoms with Crippen molar-refractivity contribution < 1.29 is 5.11 Å². The molecule has 0 radical (unpaired) electrons. The van der Waals surface area contributed by atoms with Crippen LogP contribution in [0.15, 0.2) is 72.9 Å². The largest absolute Gasteiger partial charge is 0.506 e. The maximum atomic E-state index is 10.8. The Hall–Kier alpha value is -3.06. The minimum absolute atomic E-state index is 0.0973. The molecule has 2 aromatic carbocycles. The monoisotopic (exact) mass is 508 g/mol. The average Bonchev–Trinajstić information content (AvgIpc) is 3.32. The maximum Gasteiger partial charge on any atom is 0.174 e. The summed E-state index contributed by atoms with van der Waals surface area (Å²) < 4.78 is 2.14. The highest BCUT2D eigenvalue weighted by atomic mass is 35.5. The first-order valence-corrected chi connectivity index (χ1v) is 12.0. The Kier molecular flexibility index (Phi) is 5.98. The number of thiocarbonyl (C=S) groups is 1. The van der Waals surface area contributed by atoms with Gasteiger partial charge in [-0.2, -0.15) is 0 Å². The molecule has 8 heteroatoms. The van der Waals surface area contributed by atoms with Crippen molar-refractivity contribution in [3.63, 3.8) is 0 Å². The maximum absolute atomic E-state index is 10.8. The Bertz CT molecular complexity index is 1390. The lowest BCUT2D eigenvalue weighted by atomic mass is 9.96. The van der Waals surface area contributed by atoms with Gasteiger partial charge >= 0.3 is 0 Å². The normalized spacial score (nSPS) is 17.8. The number of hydrogen-bond acceptors (Lipinski definition) is 3. The van der Waals surface area contributed by atoms with E-state index in [1.807, 2.05) is 47.4 Å². The van der Waals surface area contributed by atoms with Crippen molar-refractivity contribution >= 4 is 46.2 Å². The molecule has 0 saturated carbocycles. The molecule has 3 heterocycles. The van der Waals surface area contributed by atoms with Gasteiger partial charge in [-0.05, 0) is 80.2 Å². The lowest BCUT2D eigenvalue weighted by Gasteiger charge is -2.28. The summed E-state index contributed by atoms with van der Waals surface area (Å²) in [6, 6.07) is 20.2. The third-order valence-electron chi connectivity index (χ3n) is 6.18. The van der Waals surface area contributed by atoms with Crippen LogP contribution in [-0.4, -0.2) is 19.8 Å². The molecule has 34 heavy (non-hydrogen) atoms. The number of nitrogens with zero attached hydrogens (tertiary/aromatic N) is 3. The first kappa shape index (κ1) is 22.7. The van der Waals surface area contributed by atoms with Crippen LogP contribution in [0.3, 0.4) is 0 Å². The molecule has 1 aliphatic rings. The van der Waals surface area contributed by atoms with Gasteiger partial charge in [0.15, 0.2) is 5.11 Å². The van der Waals surface area contributed by atoms with Gasteiger partial charge in [0.05, 0.1) is 34.2 Å². The van der Waals surface area contributed by atoms with E-state index in [4.69, 9.17) is 35.4 Å². The standard InChI is InChI=1S/C26H22Cl2N4OS/c1-15-13-18(16(2)31(15)21-9-4-3-7-19(21)28)25-24(20-8-5-6-12-29-20)30-26(34)32(25)22-14-17(27)10-11-23(22)33/h3-14,24-25,33H,1-2H3,(H,30,34)/t24-,25+/m1/s1. The van der Waals surface area contributed by atoms with Gasteiger partial charge in [-0.25, -0.2) is 0 Å². The minimum Gasteiger partial charge on any atom is -0.506 e. The number of phenols is 1. The Morgan fingerprint density at radius 3 is 2.47 bits per heavy atom. The fourth-order valence-corrected chi connectivity index (χ4v) is 5.44. The van der Waals surface area contributed by atoms with Gasteiger partial charge in [-0.1, -0.05) is 41.4 Å². The van der Waals surface area contributed by atoms with Gasteiger partial charge in [-0.3, -0.25) is 4.98 Å². The molecule has 5 rings (SSSR count). The van der Waals surface area contributed by atoms with Crippen molar-refractivity contribution in [2.75, 3.05) is 4.90 Å². The summed E-state index contributed by atoms with van der Waals surface area (Å²) >= 11 is 18.7. The highest BCUT2D eigenvalue weighted by Crippen LogP contribution is 2.46. The van der Waals surface area contributed by atoms with Crippen molar-refractivity contribution in [2.45, 2.75) is 25.9 Å². The number of nitrogens with one attached hydrogen (secondary N) is 1. The predicted molar refractivity (Wildman–Crippen MR) is 141 cm³/mol. The van der Waals surface area contributed by atoms with Crippen LogP contribution in [0.5, 0.6) is 5.75 Å². The molecule has 0 spiro atoms. The van der Waals surface area contributed by atoms with E-state index in [9.17, 15) is 5.11 Å². The molecule has 4 aromatic rings. The number of hydrogen-bond donors (Lipinski definition) is 2. The number of halogens is 2. The van der Waals surface area contributed by atoms with E-state index in [0.717, 1.165) is 28.3 Å². The zero-order valence-electron chi connectivity index (χ0n) is 18.5. The summed E-state index contributed by atoms with van der Waals surface area (Å²) in [6.45, 7) is 4.12. The summed E-state index contributed by atoms with van der Waals surface area (Å²) in [5.41, 5.74) is 5.39. The zero-order valence-corrected chi connectivity index (χ0v) is 20.9. The predicted octanol–water partition coefficient (Wildman–Crippen LogP) is 6.68. The number of para-hydroxylation sites is 1. The minimum atomic E-state index is -0.283. The van der Waals surface area contributed by atoms with Crippen LogP contribution in [0.4, 0.5) is 5.69 Å². The van der Waals surface area contributed by atoms with Crippen molar-refractivity contribution in [1.82, 2.24) is 14.9 Å². The number of phenolic OH excluding ortho intramolecular Hbond substituents is 1. The molecule has 0 amide bonds. The molecular formula is C26H22Cl2N4OS. The number of pyridine rings is 1. The highest BCUT2D eigenvalue weighted by Gasteiger charge is 2.43. The van der Waals surface area contributed by atoms with Gasteiger partial charge in [-0.15, -0.1) is 0 Å². The first-order chi connectivity index (χ1) is 16.4. The van der Waals surface area contributed by atoms with E-state index in [1.54, 1.807) is 24.4 Å². The Morgan fingerprint density at radius 2 is 1.74 bits per heavy atom. The average molecular weight is 509 g/mol. The Morgan fingerprint density at radius 1 is 0.971 bits per heavy atom. The van der Waals surface area contributed by atoms with Gasteiger partial charge in [0.1, 0.15) is 5.75 Å². The topological polar surface area (TPSA) is 53.3 Å². The zero-order chi connectivity index (χ0) is 24.0. The van der Waals surface area contributed by atoms with Gasteiger partial charge in [0.2, 0.25) is 0 Å². The molecule has 0 bridgehead atoms. The number of rotatable bonds is 4. The summed E-state index contributed by atoms with van der Waals surface area (Å²) in [7, 11) is 0. The fraction of sp³-hybridized carbons (Fsp3) is 0.154. The van der Waals surface area contributed by atoms with Crippen LogP contribution in [0, 0.1) is 13.8 Å². The molecule has 0 unspecified atom stereocenters. The molecule has 1 saturated heterocycles. The molecule has 172 valence electrons. The van der Waals surface area contributed by atoms with Gasteiger partial charge in [0, 0.05) is 22.6 Å². The highest BCUT2D eigenvalue weighted by molar-refractivity contribution is 7.80. The third kappa shape index (κ3) is 3.82. The lowest BCUT2D eigenvalue weighted by Crippen LogP contribution is -2.29. The summed E-state index contributed by atoms with van der Waals surface area (Å²) in [5.74, 6) is 0.0973. The molecule has 1 aliphatic heterocycles. The van der Waals surface area contributed by atoms with Crippen LogP contribution < -0.4 is 10.2 Å². The first-order valence-electron chi connectivity index (χ1n) is 10.8. The number of aromatic nitrogens is 2. The van der Waals surface area contributed by atoms with Gasteiger partial charge in [0.25, 0.3) is 0 Å². The quantitative estimate of drug-likeness (QED) is 0.301. The summed E-state index contributed by atoms with van der Waals surface area (Å²) in [5, 5.41) is 15.8. The number of aromatic hydroxyl groups is 1. The third-order valence-corrected chi connectivity index (χ3v) is 7.05. The Balaban J connectivity index is 1.72.